The minimum Gasteiger partial charge on any atom is -0.355 e. The molecule has 0 radical (unpaired) electrons. The molecule has 4 rings (SSSR count). The maximum atomic E-state index is 12.6. The average molecular weight is 464 g/mol. The molecule has 2 aromatic heterocycles. The molecule has 1 amide bonds. The number of amides is 1. The molecule has 0 saturated carbocycles. The fraction of sp³-hybridized carbons (Fsp3) is 0.130. The molecule has 33 heavy (non-hydrogen) atoms. The van der Waals surface area contributed by atoms with Gasteiger partial charge in [0.05, 0.1) is 4.90 Å². The number of benzene rings is 2. The summed E-state index contributed by atoms with van der Waals surface area (Å²) < 4.78 is 32.9. The van der Waals surface area contributed by atoms with E-state index in [1.165, 1.54) is 24.3 Å². The van der Waals surface area contributed by atoms with Crippen LogP contribution in [0.25, 0.3) is 11.3 Å². The van der Waals surface area contributed by atoms with E-state index in [0.717, 1.165) is 11.1 Å². The number of aromatic nitrogens is 3. The lowest BCUT2D eigenvalue weighted by molar-refractivity contribution is 0.101. The minimum absolute atomic E-state index is 0.000271. The molecular weight excluding hydrogens is 442 g/mol. The van der Waals surface area contributed by atoms with E-state index in [4.69, 9.17) is 4.52 Å². The number of anilines is 2. The van der Waals surface area contributed by atoms with Gasteiger partial charge in [0.25, 0.3) is 15.9 Å². The molecular formula is C23H21N5O4S. The summed E-state index contributed by atoms with van der Waals surface area (Å²) in [7, 11) is -3.89. The normalized spacial score (nSPS) is 11.2. The van der Waals surface area contributed by atoms with E-state index in [0.29, 0.717) is 22.8 Å². The highest BCUT2D eigenvalue weighted by atomic mass is 32.2. The Morgan fingerprint density at radius 3 is 2.15 bits per heavy atom. The third-order valence-corrected chi connectivity index (χ3v) is 6.05. The summed E-state index contributed by atoms with van der Waals surface area (Å²) in [5.41, 5.74) is 3.73. The number of carbonyl (C=O) groups is 1. The van der Waals surface area contributed by atoms with Gasteiger partial charge < -0.3 is 9.84 Å². The maximum Gasteiger partial charge on any atom is 0.277 e. The number of carbonyl (C=O) groups excluding carboxylic acids is 1. The number of rotatable bonds is 6. The predicted octanol–water partition coefficient (Wildman–Crippen LogP) is 4.11. The van der Waals surface area contributed by atoms with Crippen LogP contribution in [0.5, 0.6) is 0 Å². The van der Waals surface area contributed by atoms with Crippen molar-refractivity contribution in [3.05, 3.63) is 83.3 Å². The smallest absolute Gasteiger partial charge is 0.277 e. The van der Waals surface area contributed by atoms with Crippen molar-refractivity contribution >= 4 is 27.6 Å². The first kappa shape index (κ1) is 22.2. The number of sulfonamides is 1. The van der Waals surface area contributed by atoms with Gasteiger partial charge in [0.15, 0.2) is 11.5 Å². The molecule has 2 heterocycles. The molecule has 10 heteroatoms. The molecule has 9 nitrogen and oxygen atoms in total. The Labute approximate surface area is 190 Å². The molecule has 0 bridgehead atoms. The first-order chi connectivity index (χ1) is 15.7. The molecule has 4 aromatic rings. The van der Waals surface area contributed by atoms with Crippen LogP contribution in [-0.4, -0.2) is 29.4 Å². The second-order valence-corrected chi connectivity index (χ2v) is 9.18. The van der Waals surface area contributed by atoms with Crippen molar-refractivity contribution in [2.24, 2.45) is 0 Å². The quantitative estimate of drug-likeness (QED) is 0.440. The van der Waals surface area contributed by atoms with E-state index < -0.39 is 15.9 Å². The van der Waals surface area contributed by atoms with Crippen molar-refractivity contribution in [1.82, 2.24) is 15.1 Å². The zero-order valence-corrected chi connectivity index (χ0v) is 19.0. The maximum absolute atomic E-state index is 12.6. The summed E-state index contributed by atoms with van der Waals surface area (Å²) in [5, 5.41) is 6.50. The Morgan fingerprint density at radius 2 is 1.52 bits per heavy atom. The highest BCUT2D eigenvalue weighted by molar-refractivity contribution is 7.92. The van der Waals surface area contributed by atoms with Gasteiger partial charge in [-0.2, -0.15) is 0 Å². The van der Waals surface area contributed by atoms with Gasteiger partial charge in [-0.3, -0.25) is 4.79 Å². The summed E-state index contributed by atoms with van der Waals surface area (Å²) in [6.07, 6.45) is 0. The van der Waals surface area contributed by atoms with Crippen molar-refractivity contribution in [2.75, 3.05) is 10.0 Å². The van der Waals surface area contributed by atoms with Gasteiger partial charge in [0, 0.05) is 28.7 Å². The lowest BCUT2D eigenvalue weighted by Gasteiger charge is -2.09. The molecule has 0 fully saturated rings. The topological polar surface area (TPSA) is 127 Å². The fourth-order valence-electron chi connectivity index (χ4n) is 3.10. The Kier molecular flexibility index (Phi) is 5.93. The van der Waals surface area contributed by atoms with E-state index in [1.54, 1.807) is 26.0 Å². The van der Waals surface area contributed by atoms with E-state index in [9.17, 15) is 13.2 Å². The van der Waals surface area contributed by atoms with Crippen molar-refractivity contribution in [3.8, 4) is 11.3 Å². The van der Waals surface area contributed by atoms with Crippen LogP contribution in [0.4, 0.5) is 11.6 Å². The highest BCUT2D eigenvalue weighted by Crippen LogP contribution is 2.22. The molecule has 2 N–H and O–H groups in total. The SMILES string of the molecule is Cc1ccc(-c2cc(C(=O)Nc3ccc(S(=O)(=O)Nc4nc(C)cc(C)n4)cc3)no2)cc1. The summed E-state index contributed by atoms with van der Waals surface area (Å²) in [6, 6.07) is 16.7. The summed E-state index contributed by atoms with van der Waals surface area (Å²) >= 11 is 0. The van der Waals surface area contributed by atoms with Crippen molar-refractivity contribution in [1.29, 1.82) is 0 Å². The summed E-state index contributed by atoms with van der Waals surface area (Å²) in [5.74, 6) is -0.00366. The van der Waals surface area contributed by atoms with E-state index in [-0.39, 0.29) is 16.5 Å². The molecule has 0 atom stereocenters. The van der Waals surface area contributed by atoms with Gasteiger partial charge in [-0.05, 0) is 51.1 Å². The first-order valence-electron chi connectivity index (χ1n) is 10.00. The second kappa shape index (κ2) is 8.83. The van der Waals surface area contributed by atoms with E-state index in [1.807, 2.05) is 31.2 Å². The first-order valence-corrected chi connectivity index (χ1v) is 11.5. The van der Waals surface area contributed by atoms with Crippen LogP contribution >= 0.6 is 0 Å². The molecule has 0 unspecified atom stereocenters. The van der Waals surface area contributed by atoms with E-state index in [2.05, 4.69) is 25.2 Å². The number of nitrogens with zero attached hydrogens (tertiary/aromatic N) is 3. The zero-order valence-electron chi connectivity index (χ0n) is 18.2. The molecule has 0 saturated heterocycles. The molecule has 0 aliphatic heterocycles. The van der Waals surface area contributed by atoms with Crippen LogP contribution in [0.2, 0.25) is 0 Å². The van der Waals surface area contributed by atoms with E-state index >= 15 is 0 Å². The Bertz CT molecular complexity index is 1390. The third-order valence-electron chi connectivity index (χ3n) is 4.71. The molecule has 0 aliphatic rings. The standard InChI is InChI=1S/C23H21N5O4S/c1-14-4-6-17(7-5-14)21-13-20(27-32-21)22(29)26-18-8-10-19(11-9-18)33(30,31)28-23-24-15(2)12-16(3)25-23/h4-13H,1-3H3,(H,26,29)(H,24,25,28). The zero-order chi connectivity index (χ0) is 23.6. The molecule has 168 valence electrons. The van der Waals surface area contributed by atoms with Gasteiger partial charge in [0.1, 0.15) is 0 Å². The lowest BCUT2D eigenvalue weighted by atomic mass is 10.1. The van der Waals surface area contributed by atoms with Crippen LogP contribution in [-0.2, 0) is 10.0 Å². The number of nitrogens with one attached hydrogen (secondary N) is 2. The monoisotopic (exact) mass is 463 g/mol. The molecule has 0 aliphatic carbocycles. The van der Waals surface area contributed by atoms with Crippen molar-refractivity contribution in [3.63, 3.8) is 0 Å². The molecule has 0 spiro atoms. The fourth-order valence-corrected chi connectivity index (χ4v) is 4.04. The van der Waals surface area contributed by atoms with Crippen LogP contribution < -0.4 is 10.0 Å². The lowest BCUT2D eigenvalue weighted by Crippen LogP contribution is -2.16. The second-order valence-electron chi connectivity index (χ2n) is 7.50. The van der Waals surface area contributed by atoms with Gasteiger partial charge in [-0.1, -0.05) is 35.0 Å². The Balaban J connectivity index is 1.45. The minimum atomic E-state index is -3.89. The van der Waals surface area contributed by atoms with Crippen LogP contribution in [0.1, 0.15) is 27.4 Å². The third kappa shape index (κ3) is 5.24. The highest BCUT2D eigenvalue weighted by Gasteiger charge is 2.18. The average Bonchev–Trinajstić information content (AvgIpc) is 3.24. The van der Waals surface area contributed by atoms with Gasteiger partial charge in [-0.25, -0.2) is 23.1 Å². The number of hydrogen-bond donors (Lipinski definition) is 2. The largest absolute Gasteiger partial charge is 0.355 e. The summed E-state index contributed by atoms with van der Waals surface area (Å²) in [4.78, 5) is 20.7. The number of hydrogen-bond acceptors (Lipinski definition) is 7. The Morgan fingerprint density at radius 1 is 0.879 bits per heavy atom. The Hall–Kier alpha value is -4.05. The van der Waals surface area contributed by atoms with Crippen LogP contribution in [0.3, 0.4) is 0 Å². The van der Waals surface area contributed by atoms with Crippen molar-refractivity contribution in [2.45, 2.75) is 25.7 Å². The predicted molar refractivity (Wildman–Crippen MR) is 123 cm³/mol. The van der Waals surface area contributed by atoms with Crippen LogP contribution in [0.15, 0.2) is 70.1 Å². The summed E-state index contributed by atoms with van der Waals surface area (Å²) in [6.45, 7) is 5.48. The van der Waals surface area contributed by atoms with Gasteiger partial charge in [-0.15, -0.1) is 0 Å². The number of aryl methyl sites for hydroxylation is 3. The molecule has 2 aromatic carbocycles. The van der Waals surface area contributed by atoms with Crippen molar-refractivity contribution < 1.29 is 17.7 Å². The van der Waals surface area contributed by atoms with Gasteiger partial charge >= 0.3 is 0 Å². The van der Waals surface area contributed by atoms with Crippen LogP contribution in [0, 0.1) is 20.8 Å². The van der Waals surface area contributed by atoms with Gasteiger partial charge in [0.2, 0.25) is 5.95 Å².